The van der Waals surface area contributed by atoms with Gasteiger partial charge in [-0.25, -0.2) is 4.98 Å². The molecule has 126 valence electrons. The van der Waals surface area contributed by atoms with E-state index in [-0.39, 0.29) is 11.8 Å². The number of amides is 2. The van der Waals surface area contributed by atoms with E-state index < -0.39 is 6.04 Å². The molecule has 0 fully saturated rings. The van der Waals surface area contributed by atoms with E-state index in [1.807, 2.05) is 41.8 Å². The normalized spacial score (nSPS) is 11.6. The standard InChI is InChI=1S/C19H17N3O2S/c1-13(20-18(24)15-10-6-3-7-11-15)17(23)22-19-21-16(12-25-19)14-8-4-2-5-9-14/h2-13H,1H3,(H,20,24)(H,21,22,23)/t13-/m0/s1. The maximum Gasteiger partial charge on any atom is 0.251 e. The molecule has 0 unspecified atom stereocenters. The van der Waals surface area contributed by atoms with Crippen molar-refractivity contribution in [2.45, 2.75) is 13.0 Å². The minimum atomic E-state index is -0.670. The van der Waals surface area contributed by atoms with Gasteiger partial charge in [-0.05, 0) is 19.1 Å². The first kappa shape index (κ1) is 16.9. The van der Waals surface area contributed by atoms with E-state index in [4.69, 9.17) is 0 Å². The van der Waals surface area contributed by atoms with Gasteiger partial charge >= 0.3 is 0 Å². The average molecular weight is 351 g/mol. The van der Waals surface area contributed by atoms with Crippen molar-refractivity contribution >= 4 is 28.3 Å². The quantitative estimate of drug-likeness (QED) is 0.738. The van der Waals surface area contributed by atoms with Gasteiger partial charge in [-0.15, -0.1) is 11.3 Å². The van der Waals surface area contributed by atoms with Gasteiger partial charge in [0.2, 0.25) is 5.91 Å². The highest BCUT2D eigenvalue weighted by Gasteiger charge is 2.18. The van der Waals surface area contributed by atoms with Crippen LogP contribution in [0, 0.1) is 0 Å². The first-order valence-corrected chi connectivity index (χ1v) is 8.69. The highest BCUT2D eigenvalue weighted by Crippen LogP contribution is 2.24. The molecule has 3 rings (SSSR count). The fraction of sp³-hybridized carbons (Fsp3) is 0.105. The lowest BCUT2D eigenvalue weighted by Gasteiger charge is -2.12. The lowest BCUT2D eigenvalue weighted by atomic mass is 10.2. The zero-order valence-corrected chi connectivity index (χ0v) is 14.4. The summed E-state index contributed by atoms with van der Waals surface area (Å²) in [5.41, 5.74) is 2.31. The molecule has 0 spiro atoms. The van der Waals surface area contributed by atoms with Crippen molar-refractivity contribution in [1.29, 1.82) is 0 Å². The number of rotatable bonds is 5. The molecule has 6 heteroatoms. The number of thiazole rings is 1. The van der Waals surface area contributed by atoms with Crippen molar-refractivity contribution in [1.82, 2.24) is 10.3 Å². The monoisotopic (exact) mass is 351 g/mol. The fourth-order valence-corrected chi connectivity index (χ4v) is 2.94. The first-order chi connectivity index (χ1) is 12.1. The fourth-order valence-electron chi connectivity index (χ4n) is 2.22. The summed E-state index contributed by atoms with van der Waals surface area (Å²) in [6.45, 7) is 1.64. The minimum Gasteiger partial charge on any atom is -0.341 e. The second kappa shape index (κ2) is 7.72. The molecular weight excluding hydrogens is 334 g/mol. The number of benzene rings is 2. The predicted octanol–water partition coefficient (Wildman–Crippen LogP) is 3.57. The van der Waals surface area contributed by atoms with Crippen LogP contribution in [-0.4, -0.2) is 22.8 Å². The summed E-state index contributed by atoms with van der Waals surface area (Å²) >= 11 is 1.35. The Morgan fingerprint density at radius 2 is 1.64 bits per heavy atom. The molecule has 5 nitrogen and oxygen atoms in total. The van der Waals surface area contributed by atoms with Crippen molar-refractivity contribution in [2.24, 2.45) is 0 Å². The van der Waals surface area contributed by atoms with Crippen LogP contribution in [0.3, 0.4) is 0 Å². The van der Waals surface area contributed by atoms with E-state index in [2.05, 4.69) is 15.6 Å². The van der Waals surface area contributed by atoms with E-state index in [0.717, 1.165) is 11.3 Å². The van der Waals surface area contributed by atoms with E-state index in [9.17, 15) is 9.59 Å². The zero-order chi connectivity index (χ0) is 17.6. The third kappa shape index (κ3) is 4.30. The van der Waals surface area contributed by atoms with Crippen LogP contribution in [0.1, 0.15) is 17.3 Å². The zero-order valence-electron chi connectivity index (χ0n) is 13.6. The summed E-state index contributed by atoms with van der Waals surface area (Å²) in [7, 11) is 0. The largest absolute Gasteiger partial charge is 0.341 e. The Labute approximate surface area is 149 Å². The molecule has 1 atom stereocenters. The number of nitrogens with zero attached hydrogens (tertiary/aromatic N) is 1. The number of hydrogen-bond donors (Lipinski definition) is 2. The van der Waals surface area contributed by atoms with Crippen LogP contribution in [0.4, 0.5) is 5.13 Å². The number of aromatic nitrogens is 1. The van der Waals surface area contributed by atoms with Gasteiger partial charge in [-0.2, -0.15) is 0 Å². The molecule has 0 aliphatic rings. The van der Waals surface area contributed by atoms with Crippen molar-refractivity contribution in [3.05, 3.63) is 71.6 Å². The molecule has 0 saturated carbocycles. The van der Waals surface area contributed by atoms with E-state index in [1.54, 1.807) is 31.2 Å². The van der Waals surface area contributed by atoms with Gasteiger partial charge in [0.25, 0.3) is 5.91 Å². The van der Waals surface area contributed by atoms with Crippen molar-refractivity contribution in [3.8, 4) is 11.3 Å². The summed E-state index contributed by atoms with van der Waals surface area (Å²) < 4.78 is 0. The predicted molar refractivity (Wildman–Crippen MR) is 99.5 cm³/mol. The number of carbonyl (C=O) groups excluding carboxylic acids is 2. The maximum atomic E-state index is 12.3. The average Bonchev–Trinajstić information content (AvgIpc) is 3.11. The Bertz CT molecular complexity index is 863. The van der Waals surface area contributed by atoms with Gasteiger partial charge < -0.3 is 10.6 Å². The second-order valence-corrected chi connectivity index (χ2v) is 6.31. The molecule has 25 heavy (non-hydrogen) atoms. The van der Waals surface area contributed by atoms with E-state index in [0.29, 0.717) is 10.7 Å². The third-order valence-electron chi connectivity index (χ3n) is 3.58. The SMILES string of the molecule is C[C@H](NC(=O)c1ccccc1)C(=O)Nc1nc(-c2ccccc2)cs1. The van der Waals surface area contributed by atoms with Crippen LogP contribution in [0.2, 0.25) is 0 Å². The Hall–Kier alpha value is -2.99. The molecule has 2 amide bonds. The van der Waals surface area contributed by atoms with Gasteiger partial charge in [0, 0.05) is 16.5 Å². The highest BCUT2D eigenvalue weighted by molar-refractivity contribution is 7.14. The maximum absolute atomic E-state index is 12.3. The lowest BCUT2D eigenvalue weighted by molar-refractivity contribution is -0.117. The molecular formula is C19H17N3O2S. The molecule has 0 saturated heterocycles. The Morgan fingerprint density at radius 3 is 2.32 bits per heavy atom. The van der Waals surface area contributed by atoms with Crippen molar-refractivity contribution in [3.63, 3.8) is 0 Å². The lowest BCUT2D eigenvalue weighted by Crippen LogP contribution is -2.41. The second-order valence-electron chi connectivity index (χ2n) is 5.45. The van der Waals surface area contributed by atoms with Gasteiger partial charge in [-0.3, -0.25) is 9.59 Å². The Balaban J connectivity index is 1.60. The molecule has 1 heterocycles. The Kier molecular flexibility index (Phi) is 5.20. The summed E-state index contributed by atoms with van der Waals surface area (Å²) in [6, 6.07) is 17.9. The van der Waals surface area contributed by atoms with E-state index >= 15 is 0 Å². The van der Waals surface area contributed by atoms with Crippen LogP contribution in [0.15, 0.2) is 66.0 Å². The molecule has 0 bridgehead atoms. The van der Waals surface area contributed by atoms with Gasteiger partial charge in [0.1, 0.15) is 6.04 Å². The number of nitrogens with one attached hydrogen (secondary N) is 2. The summed E-state index contributed by atoms with van der Waals surface area (Å²) in [6.07, 6.45) is 0. The molecule has 2 aromatic carbocycles. The summed E-state index contributed by atoms with van der Waals surface area (Å²) in [5, 5.41) is 7.81. The van der Waals surface area contributed by atoms with Crippen molar-refractivity contribution < 1.29 is 9.59 Å². The molecule has 0 aliphatic carbocycles. The molecule has 2 N–H and O–H groups in total. The number of carbonyl (C=O) groups is 2. The van der Waals surface area contributed by atoms with Crippen LogP contribution < -0.4 is 10.6 Å². The highest BCUT2D eigenvalue weighted by atomic mass is 32.1. The van der Waals surface area contributed by atoms with Crippen molar-refractivity contribution in [2.75, 3.05) is 5.32 Å². The first-order valence-electron chi connectivity index (χ1n) is 7.81. The van der Waals surface area contributed by atoms with Gasteiger partial charge in [-0.1, -0.05) is 48.5 Å². The minimum absolute atomic E-state index is 0.285. The number of hydrogen-bond acceptors (Lipinski definition) is 4. The topological polar surface area (TPSA) is 71.1 Å². The van der Waals surface area contributed by atoms with Crippen LogP contribution in [0.25, 0.3) is 11.3 Å². The molecule has 0 aliphatic heterocycles. The van der Waals surface area contributed by atoms with Crippen LogP contribution >= 0.6 is 11.3 Å². The van der Waals surface area contributed by atoms with E-state index in [1.165, 1.54) is 11.3 Å². The summed E-state index contributed by atoms with van der Waals surface area (Å²) in [4.78, 5) is 28.8. The third-order valence-corrected chi connectivity index (χ3v) is 4.34. The molecule has 1 aromatic heterocycles. The van der Waals surface area contributed by atoms with Gasteiger partial charge in [0.15, 0.2) is 5.13 Å². The van der Waals surface area contributed by atoms with Crippen LogP contribution in [-0.2, 0) is 4.79 Å². The molecule has 3 aromatic rings. The smallest absolute Gasteiger partial charge is 0.251 e. The van der Waals surface area contributed by atoms with Crippen LogP contribution in [0.5, 0.6) is 0 Å². The number of anilines is 1. The molecule has 0 radical (unpaired) electrons. The Morgan fingerprint density at radius 1 is 1.00 bits per heavy atom. The summed E-state index contributed by atoms with van der Waals surface area (Å²) in [5.74, 6) is -0.592. The van der Waals surface area contributed by atoms with Gasteiger partial charge in [0.05, 0.1) is 5.69 Å².